The number of halogens is 1. The standard InChI is InChI=1S/C14H16FNO4/c15-12-3-8(19)1-2-9(12)13(20)16-4-10-11(5-16)14(10,6-17)7-18/h1-3,10-11,17-19H,4-7H2. The first-order chi connectivity index (χ1) is 9.53. The average Bonchev–Trinajstić information content (AvgIpc) is 2.80. The fourth-order valence-corrected chi connectivity index (χ4v) is 3.37. The van der Waals surface area contributed by atoms with Crippen LogP contribution >= 0.6 is 0 Å². The van der Waals surface area contributed by atoms with E-state index in [2.05, 4.69) is 0 Å². The second-order valence-electron chi connectivity index (χ2n) is 5.64. The summed E-state index contributed by atoms with van der Waals surface area (Å²) in [5.74, 6) is -1.21. The molecule has 1 saturated heterocycles. The Morgan fingerprint density at radius 3 is 2.40 bits per heavy atom. The molecule has 1 aliphatic heterocycles. The van der Waals surface area contributed by atoms with E-state index in [1.54, 1.807) is 0 Å². The highest BCUT2D eigenvalue weighted by Gasteiger charge is 2.68. The summed E-state index contributed by atoms with van der Waals surface area (Å²) in [5, 5.41) is 27.8. The number of aromatic hydroxyl groups is 1. The first-order valence-electron chi connectivity index (χ1n) is 6.53. The second kappa shape index (κ2) is 4.43. The number of phenols is 1. The van der Waals surface area contributed by atoms with E-state index in [9.17, 15) is 19.4 Å². The van der Waals surface area contributed by atoms with Crippen molar-refractivity contribution < 1.29 is 24.5 Å². The summed E-state index contributed by atoms with van der Waals surface area (Å²) in [6.45, 7) is 0.665. The molecule has 2 aliphatic rings. The zero-order chi connectivity index (χ0) is 14.5. The topological polar surface area (TPSA) is 81.0 Å². The molecular weight excluding hydrogens is 265 g/mol. The quantitative estimate of drug-likeness (QED) is 0.739. The van der Waals surface area contributed by atoms with Gasteiger partial charge in [0, 0.05) is 24.6 Å². The van der Waals surface area contributed by atoms with E-state index in [-0.39, 0.29) is 36.4 Å². The van der Waals surface area contributed by atoms with E-state index >= 15 is 0 Å². The minimum absolute atomic E-state index is 0.0669. The van der Waals surface area contributed by atoms with E-state index in [0.29, 0.717) is 13.1 Å². The average molecular weight is 281 g/mol. The fourth-order valence-electron chi connectivity index (χ4n) is 3.37. The second-order valence-corrected chi connectivity index (χ2v) is 5.64. The van der Waals surface area contributed by atoms with Crippen molar-refractivity contribution in [2.75, 3.05) is 26.3 Å². The lowest BCUT2D eigenvalue weighted by Gasteiger charge is -2.24. The Balaban J connectivity index is 1.73. The molecule has 3 rings (SSSR count). The van der Waals surface area contributed by atoms with Crippen LogP contribution in [0.1, 0.15) is 10.4 Å². The molecule has 6 heteroatoms. The van der Waals surface area contributed by atoms with Crippen molar-refractivity contribution in [2.45, 2.75) is 0 Å². The van der Waals surface area contributed by atoms with Gasteiger partial charge in [-0.2, -0.15) is 0 Å². The van der Waals surface area contributed by atoms with Gasteiger partial charge in [-0.3, -0.25) is 4.79 Å². The fraction of sp³-hybridized carbons (Fsp3) is 0.500. The largest absolute Gasteiger partial charge is 0.508 e. The lowest BCUT2D eigenvalue weighted by atomic mass is 10.0. The third kappa shape index (κ3) is 1.72. The van der Waals surface area contributed by atoms with Gasteiger partial charge in [0.2, 0.25) is 0 Å². The Kier molecular flexibility index (Phi) is 2.95. The maximum Gasteiger partial charge on any atom is 0.256 e. The molecule has 20 heavy (non-hydrogen) atoms. The highest BCUT2D eigenvalue weighted by molar-refractivity contribution is 5.95. The van der Waals surface area contributed by atoms with Crippen LogP contribution in [0.15, 0.2) is 18.2 Å². The van der Waals surface area contributed by atoms with Gasteiger partial charge in [0.05, 0.1) is 18.8 Å². The summed E-state index contributed by atoms with van der Waals surface area (Å²) in [5.41, 5.74) is -0.535. The molecule has 5 nitrogen and oxygen atoms in total. The van der Waals surface area contributed by atoms with Crippen molar-refractivity contribution in [3.8, 4) is 5.75 Å². The molecule has 1 aliphatic carbocycles. The number of phenolic OH excluding ortho intramolecular Hbond substituents is 1. The number of benzene rings is 1. The summed E-state index contributed by atoms with van der Waals surface area (Å²) in [6.07, 6.45) is 0. The maximum absolute atomic E-state index is 13.7. The normalized spacial score (nSPS) is 26.4. The SMILES string of the molecule is O=C(c1ccc(O)cc1F)N1CC2C(C1)C2(CO)CO. The lowest BCUT2D eigenvalue weighted by molar-refractivity contribution is 0.0633. The third-order valence-electron chi connectivity index (χ3n) is 4.75. The molecule has 108 valence electrons. The molecule has 2 fully saturated rings. The predicted molar refractivity (Wildman–Crippen MR) is 67.6 cm³/mol. The first kappa shape index (κ1) is 13.3. The highest BCUT2D eigenvalue weighted by Crippen LogP contribution is 2.62. The van der Waals surface area contributed by atoms with Crippen molar-refractivity contribution in [2.24, 2.45) is 17.3 Å². The van der Waals surface area contributed by atoms with Crippen molar-refractivity contribution in [1.82, 2.24) is 4.90 Å². The summed E-state index contributed by atoms with van der Waals surface area (Å²) in [6, 6.07) is 3.46. The number of carbonyl (C=O) groups excluding carboxylic acids is 1. The van der Waals surface area contributed by atoms with Crippen LogP contribution in [0.5, 0.6) is 5.75 Å². The van der Waals surface area contributed by atoms with Crippen LogP contribution in [0.25, 0.3) is 0 Å². The number of hydrogen-bond acceptors (Lipinski definition) is 4. The van der Waals surface area contributed by atoms with Crippen LogP contribution in [0, 0.1) is 23.1 Å². The molecule has 0 aromatic heterocycles. The van der Waals surface area contributed by atoms with Gasteiger partial charge in [0.25, 0.3) is 5.91 Å². The maximum atomic E-state index is 13.7. The van der Waals surface area contributed by atoms with Gasteiger partial charge in [-0.25, -0.2) is 4.39 Å². The van der Waals surface area contributed by atoms with Crippen molar-refractivity contribution in [3.05, 3.63) is 29.6 Å². The van der Waals surface area contributed by atoms with Gasteiger partial charge in [0.1, 0.15) is 11.6 Å². The molecule has 0 bridgehead atoms. The molecule has 1 aromatic carbocycles. The molecule has 1 aromatic rings. The van der Waals surface area contributed by atoms with E-state index in [1.807, 2.05) is 0 Å². The Labute approximate surface area is 115 Å². The van der Waals surface area contributed by atoms with Crippen LogP contribution in [0.3, 0.4) is 0 Å². The van der Waals surface area contributed by atoms with Crippen LogP contribution < -0.4 is 0 Å². The number of likely N-dealkylation sites (tertiary alicyclic amines) is 1. The van der Waals surface area contributed by atoms with Crippen LogP contribution in [-0.4, -0.2) is 52.4 Å². The molecular formula is C14H16FNO4. The number of fused-ring (bicyclic) bond motifs is 1. The van der Waals surface area contributed by atoms with E-state index in [1.165, 1.54) is 17.0 Å². The molecule has 0 radical (unpaired) electrons. The minimum Gasteiger partial charge on any atom is -0.508 e. The van der Waals surface area contributed by atoms with Gasteiger partial charge < -0.3 is 20.2 Å². The Bertz CT molecular complexity index is 544. The number of aliphatic hydroxyl groups excluding tert-OH is 2. The van der Waals surface area contributed by atoms with Crippen molar-refractivity contribution in [1.29, 1.82) is 0 Å². The number of amides is 1. The molecule has 2 atom stereocenters. The van der Waals surface area contributed by atoms with Crippen LogP contribution in [0.2, 0.25) is 0 Å². The molecule has 1 heterocycles. The summed E-state index contributed by atoms with van der Waals surface area (Å²) in [4.78, 5) is 13.7. The smallest absolute Gasteiger partial charge is 0.256 e. The highest BCUT2D eigenvalue weighted by atomic mass is 19.1. The van der Waals surface area contributed by atoms with Crippen LogP contribution in [0.4, 0.5) is 4.39 Å². The van der Waals surface area contributed by atoms with Gasteiger partial charge in [-0.15, -0.1) is 0 Å². The van der Waals surface area contributed by atoms with E-state index in [0.717, 1.165) is 6.07 Å². The summed E-state index contributed by atoms with van der Waals surface area (Å²) < 4.78 is 13.7. The monoisotopic (exact) mass is 281 g/mol. The first-order valence-corrected chi connectivity index (χ1v) is 6.53. The summed E-state index contributed by atoms with van der Waals surface area (Å²) >= 11 is 0. The Hall–Kier alpha value is -1.66. The van der Waals surface area contributed by atoms with Crippen LogP contribution in [-0.2, 0) is 0 Å². The van der Waals surface area contributed by atoms with Crippen molar-refractivity contribution in [3.63, 3.8) is 0 Å². The molecule has 1 amide bonds. The third-order valence-corrected chi connectivity index (χ3v) is 4.75. The lowest BCUT2D eigenvalue weighted by Crippen LogP contribution is -2.36. The Morgan fingerprint density at radius 2 is 1.90 bits per heavy atom. The van der Waals surface area contributed by atoms with Crippen molar-refractivity contribution >= 4 is 5.91 Å². The van der Waals surface area contributed by atoms with Gasteiger partial charge in [0.15, 0.2) is 0 Å². The molecule has 0 spiro atoms. The molecule has 2 unspecified atom stereocenters. The molecule has 1 saturated carbocycles. The van der Waals surface area contributed by atoms with Gasteiger partial charge in [-0.05, 0) is 24.0 Å². The predicted octanol–water partition coefficient (Wildman–Crippen LogP) is 0.204. The number of carbonyl (C=O) groups is 1. The zero-order valence-corrected chi connectivity index (χ0v) is 10.8. The van der Waals surface area contributed by atoms with Gasteiger partial charge in [-0.1, -0.05) is 0 Å². The Morgan fingerprint density at radius 1 is 1.30 bits per heavy atom. The number of aliphatic hydroxyl groups is 2. The molecule has 3 N–H and O–H groups in total. The number of hydrogen-bond donors (Lipinski definition) is 3. The zero-order valence-electron chi connectivity index (χ0n) is 10.8. The minimum atomic E-state index is -0.744. The van der Waals surface area contributed by atoms with E-state index < -0.39 is 17.1 Å². The number of rotatable bonds is 3. The number of nitrogens with zero attached hydrogens (tertiary/aromatic N) is 1. The number of piperidine rings is 1. The summed E-state index contributed by atoms with van der Waals surface area (Å²) in [7, 11) is 0. The van der Waals surface area contributed by atoms with Gasteiger partial charge >= 0.3 is 0 Å². The van der Waals surface area contributed by atoms with E-state index in [4.69, 9.17) is 5.11 Å².